The van der Waals surface area contributed by atoms with Crippen molar-refractivity contribution >= 4 is 12.0 Å². The summed E-state index contributed by atoms with van der Waals surface area (Å²) in [6.45, 7) is 5.60. The molecule has 2 amide bonds. The molecule has 0 radical (unpaired) electrons. The fraction of sp³-hybridized carbons (Fsp3) is 0.548. The van der Waals surface area contributed by atoms with Gasteiger partial charge in [-0.1, -0.05) is 60.7 Å². The Morgan fingerprint density at radius 2 is 1.33 bits per heavy atom. The zero-order valence-electron chi connectivity index (χ0n) is 22.3. The van der Waals surface area contributed by atoms with Crippen molar-refractivity contribution in [2.75, 3.05) is 0 Å². The summed E-state index contributed by atoms with van der Waals surface area (Å²) in [5.41, 5.74) is 2.20. The maximum Gasteiger partial charge on any atom is 0.407 e. The summed E-state index contributed by atoms with van der Waals surface area (Å²) in [5.74, 6) is 0.197. The number of rotatable bonds is 11. The van der Waals surface area contributed by atoms with Gasteiger partial charge in [0.15, 0.2) is 0 Å². The van der Waals surface area contributed by atoms with Gasteiger partial charge in [0, 0.05) is 18.0 Å². The van der Waals surface area contributed by atoms with E-state index in [1.807, 2.05) is 32.9 Å². The summed E-state index contributed by atoms with van der Waals surface area (Å²) in [5, 5.41) is 6.36. The third kappa shape index (κ3) is 10.4. The minimum atomic E-state index is -0.503. The molecule has 0 aromatic heterocycles. The Balaban J connectivity index is 1.46. The first-order chi connectivity index (χ1) is 17.3. The molecule has 2 aromatic rings. The van der Waals surface area contributed by atoms with Crippen LogP contribution < -0.4 is 10.6 Å². The van der Waals surface area contributed by atoms with Gasteiger partial charge in [0.2, 0.25) is 5.91 Å². The number of carbonyl (C=O) groups excluding carboxylic acids is 2. The molecule has 0 spiro atoms. The van der Waals surface area contributed by atoms with Crippen molar-refractivity contribution < 1.29 is 14.3 Å². The van der Waals surface area contributed by atoms with Crippen molar-refractivity contribution in [3.8, 4) is 0 Å². The molecule has 2 aromatic carbocycles. The van der Waals surface area contributed by atoms with Crippen molar-refractivity contribution in [3.05, 3.63) is 71.8 Å². The lowest BCUT2D eigenvalue weighted by atomic mass is 9.85. The molecular weight excluding hydrogens is 448 g/mol. The van der Waals surface area contributed by atoms with Crippen LogP contribution in [0.1, 0.15) is 83.3 Å². The normalized spacial score (nSPS) is 18.0. The Morgan fingerprint density at radius 3 is 1.81 bits per heavy atom. The zero-order chi connectivity index (χ0) is 25.8. The SMILES string of the molecule is CC(C)(C)OC(=O)NC1CCC(C(=O)NC(CCCc2ccccc2)CCCc2ccccc2)CC1. The summed E-state index contributed by atoms with van der Waals surface area (Å²) in [4.78, 5) is 25.2. The summed E-state index contributed by atoms with van der Waals surface area (Å²) in [6.07, 6.45) is 9.03. The van der Waals surface area contributed by atoms with Gasteiger partial charge in [-0.05, 0) is 96.1 Å². The van der Waals surface area contributed by atoms with Crippen molar-refractivity contribution in [2.45, 2.75) is 103 Å². The minimum absolute atomic E-state index is 0.0208. The van der Waals surface area contributed by atoms with Gasteiger partial charge in [-0.25, -0.2) is 4.79 Å². The maximum absolute atomic E-state index is 13.2. The minimum Gasteiger partial charge on any atom is -0.444 e. The van der Waals surface area contributed by atoms with Crippen molar-refractivity contribution in [3.63, 3.8) is 0 Å². The van der Waals surface area contributed by atoms with Gasteiger partial charge in [-0.3, -0.25) is 4.79 Å². The summed E-state index contributed by atoms with van der Waals surface area (Å²) in [6, 6.07) is 21.4. The van der Waals surface area contributed by atoms with Crippen LogP contribution in [-0.4, -0.2) is 29.7 Å². The highest BCUT2D eigenvalue weighted by molar-refractivity contribution is 5.79. The summed E-state index contributed by atoms with van der Waals surface area (Å²) < 4.78 is 5.38. The van der Waals surface area contributed by atoms with Gasteiger partial charge in [0.1, 0.15) is 5.60 Å². The molecule has 1 aliphatic rings. The van der Waals surface area contributed by atoms with Crippen LogP contribution in [0.15, 0.2) is 60.7 Å². The zero-order valence-corrected chi connectivity index (χ0v) is 22.3. The van der Waals surface area contributed by atoms with Crippen LogP contribution in [0.3, 0.4) is 0 Å². The topological polar surface area (TPSA) is 67.4 Å². The first-order valence-electron chi connectivity index (χ1n) is 13.7. The highest BCUT2D eigenvalue weighted by Crippen LogP contribution is 2.25. The van der Waals surface area contributed by atoms with Gasteiger partial charge < -0.3 is 15.4 Å². The molecule has 3 rings (SSSR count). The van der Waals surface area contributed by atoms with E-state index in [0.29, 0.717) is 0 Å². The second kappa shape index (κ2) is 14.1. The molecule has 5 heteroatoms. The molecule has 1 fully saturated rings. The van der Waals surface area contributed by atoms with E-state index < -0.39 is 5.60 Å². The number of alkyl carbamates (subject to hydrolysis) is 1. The first kappa shape index (κ1) is 27.8. The Labute approximate surface area is 217 Å². The number of benzene rings is 2. The molecule has 196 valence electrons. The largest absolute Gasteiger partial charge is 0.444 e. The van der Waals surface area contributed by atoms with E-state index in [0.717, 1.165) is 64.2 Å². The maximum atomic E-state index is 13.2. The number of hydrogen-bond acceptors (Lipinski definition) is 3. The van der Waals surface area contributed by atoms with E-state index in [4.69, 9.17) is 4.74 Å². The Bertz CT molecular complexity index is 870. The third-order valence-corrected chi connectivity index (χ3v) is 6.89. The standard InChI is InChI=1S/C31H44N2O3/c1-31(2,3)36-30(35)33-28-22-20-26(21-23-28)29(34)32-27(18-10-16-24-12-6-4-7-13-24)19-11-17-25-14-8-5-9-15-25/h4-9,12-15,26-28H,10-11,16-23H2,1-3H3,(H,32,34)(H,33,35). The molecule has 0 atom stereocenters. The van der Waals surface area contributed by atoms with Crippen LogP contribution in [0.5, 0.6) is 0 Å². The molecule has 1 saturated carbocycles. The lowest BCUT2D eigenvalue weighted by Gasteiger charge is -2.30. The fourth-order valence-electron chi connectivity index (χ4n) is 4.98. The van der Waals surface area contributed by atoms with Gasteiger partial charge in [0.25, 0.3) is 0 Å². The third-order valence-electron chi connectivity index (χ3n) is 6.89. The van der Waals surface area contributed by atoms with Crippen LogP contribution in [0, 0.1) is 5.92 Å². The average Bonchev–Trinajstić information content (AvgIpc) is 2.84. The molecule has 0 unspecified atom stereocenters. The second-order valence-electron chi connectivity index (χ2n) is 11.2. The fourth-order valence-corrected chi connectivity index (χ4v) is 4.98. The van der Waals surface area contributed by atoms with E-state index in [9.17, 15) is 9.59 Å². The van der Waals surface area contributed by atoms with Gasteiger partial charge >= 0.3 is 6.09 Å². The Hall–Kier alpha value is -2.82. The van der Waals surface area contributed by atoms with Crippen LogP contribution in [0.25, 0.3) is 0 Å². The predicted molar refractivity (Wildman–Crippen MR) is 146 cm³/mol. The molecule has 0 bridgehead atoms. The van der Waals surface area contributed by atoms with Crippen LogP contribution in [0.2, 0.25) is 0 Å². The molecule has 36 heavy (non-hydrogen) atoms. The predicted octanol–water partition coefficient (Wildman–Crippen LogP) is 6.60. The molecule has 2 N–H and O–H groups in total. The van der Waals surface area contributed by atoms with Crippen LogP contribution >= 0.6 is 0 Å². The number of amides is 2. The smallest absolute Gasteiger partial charge is 0.407 e. The highest BCUT2D eigenvalue weighted by atomic mass is 16.6. The van der Waals surface area contributed by atoms with E-state index in [1.54, 1.807) is 0 Å². The molecule has 1 aliphatic carbocycles. The molecule has 0 saturated heterocycles. The molecular formula is C31H44N2O3. The van der Waals surface area contributed by atoms with Crippen LogP contribution in [-0.2, 0) is 22.4 Å². The molecule has 0 heterocycles. The number of aryl methyl sites for hydroxylation is 2. The van der Waals surface area contributed by atoms with Crippen molar-refractivity contribution in [1.82, 2.24) is 10.6 Å². The second-order valence-corrected chi connectivity index (χ2v) is 11.2. The van der Waals surface area contributed by atoms with E-state index in [2.05, 4.69) is 59.2 Å². The monoisotopic (exact) mass is 492 g/mol. The highest BCUT2D eigenvalue weighted by Gasteiger charge is 2.29. The van der Waals surface area contributed by atoms with E-state index in [-0.39, 0.29) is 30.0 Å². The summed E-state index contributed by atoms with van der Waals surface area (Å²) >= 11 is 0. The van der Waals surface area contributed by atoms with Gasteiger partial charge in [-0.2, -0.15) is 0 Å². The Kier molecular flexibility index (Phi) is 10.8. The number of carbonyl (C=O) groups is 2. The number of nitrogens with one attached hydrogen (secondary N) is 2. The number of hydrogen-bond donors (Lipinski definition) is 2. The quantitative estimate of drug-likeness (QED) is 0.371. The van der Waals surface area contributed by atoms with E-state index in [1.165, 1.54) is 11.1 Å². The van der Waals surface area contributed by atoms with Gasteiger partial charge in [-0.15, -0.1) is 0 Å². The van der Waals surface area contributed by atoms with Crippen molar-refractivity contribution in [1.29, 1.82) is 0 Å². The lowest BCUT2D eigenvalue weighted by molar-refractivity contribution is -0.126. The van der Waals surface area contributed by atoms with Gasteiger partial charge in [0.05, 0.1) is 0 Å². The number of ether oxygens (including phenoxy) is 1. The van der Waals surface area contributed by atoms with E-state index >= 15 is 0 Å². The molecule has 5 nitrogen and oxygen atoms in total. The average molecular weight is 493 g/mol. The summed E-state index contributed by atoms with van der Waals surface area (Å²) in [7, 11) is 0. The Morgan fingerprint density at radius 1 is 0.833 bits per heavy atom. The first-order valence-corrected chi connectivity index (χ1v) is 13.7. The van der Waals surface area contributed by atoms with Crippen molar-refractivity contribution in [2.24, 2.45) is 5.92 Å². The van der Waals surface area contributed by atoms with Crippen LogP contribution in [0.4, 0.5) is 4.79 Å². The molecule has 0 aliphatic heterocycles. The lowest BCUT2D eigenvalue weighted by Crippen LogP contribution is -2.44.